The Labute approximate surface area is 86.9 Å². The van der Waals surface area contributed by atoms with Gasteiger partial charge in [0.1, 0.15) is 0 Å². The number of sulfonamides is 1. The van der Waals surface area contributed by atoms with Crippen molar-refractivity contribution in [1.82, 2.24) is 10.0 Å². The molecular formula is C7H12N2O5S. The number of nitrogens with one attached hydrogen (secondary N) is 2. The second-order valence-corrected chi connectivity index (χ2v) is 5.06. The molecule has 1 aliphatic rings. The summed E-state index contributed by atoms with van der Waals surface area (Å²) in [6.07, 6.45) is 0.644. The lowest BCUT2D eigenvalue weighted by atomic mass is 10.1. The van der Waals surface area contributed by atoms with Crippen molar-refractivity contribution >= 4 is 21.9 Å². The Kier molecular flexibility index (Phi) is 3.64. The molecule has 0 radical (unpaired) electrons. The van der Waals surface area contributed by atoms with Gasteiger partial charge in [-0.25, -0.2) is 13.1 Å². The fraction of sp³-hybridized carbons (Fsp3) is 0.714. The van der Waals surface area contributed by atoms with E-state index in [0.717, 1.165) is 0 Å². The summed E-state index contributed by atoms with van der Waals surface area (Å²) in [6, 6.07) is -0.410. The van der Waals surface area contributed by atoms with Gasteiger partial charge in [0.05, 0.1) is 0 Å². The van der Waals surface area contributed by atoms with E-state index in [0.29, 0.717) is 6.42 Å². The summed E-state index contributed by atoms with van der Waals surface area (Å²) in [6.45, 7) is 0.206. The van der Waals surface area contributed by atoms with Crippen LogP contribution in [0.15, 0.2) is 0 Å². The summed E-state index contributed by atoms with van der Waals surface area (Å²) in [5, 5.41) is 10.8. The van der Waals surface area contributed by atoms with Gasteiger partial charge in [0.2, 0.25) is 15.9 Å². The van der Waals surface area contributed by atoms with E-state index in [2.05, 4.69) is 10.0 Å². The number of rotatable bonds is 4. The molecular weight excluding hydrogens is 224 g/mol. The maximum absolute atomic E-state index is 11.2. The quantitative estimate of drug-likeness (QED) is 0.537. The Morgan fingerprint density at radius 3 is 2.73 bits per heavy atom. The summed E-state index contributed by atoms with van der Waals surface area (Å²) < 4.78 is 24.6. The number of amides is 1. The van der Waals surface area contributed by atoms with Crippen LogP contribution in [0.1, 0.15) is 12.8 Å². The third kappa shape index (κ3) is 4.26. The van der Waals surface area contributed by atoms with Crippen LogP contribution >= 0.6 is 0 Å². The molecule has 1 saturated heterocycles. The van der Waals surface area contributed by atoms with Crippen molar-refractivity contribution in [2.24, 2.45) is 0 Å². The molecule has 0 aromatic carbocycles. The van der Waals surface area contributed by atoms with Gasteiger partial charge in [-0.1, -0.05) is 0 Å². The summed E-state index contributed by atoms with van der Waals surface area (Å²) in [5.74, 6) is -2.47. The summed E-state index contributed by atoms with van der Waals surface area (Å²) in [4.78, 5) is 21.0. The predicted octanol–water partition coefficient (Wildman–Crippen LogP) is -1.73. The summed E-state index contributed by atoms with van der Waals surface area (Å²) in [5.41, 5.74) is 0. The van der Waals surface area contributed by atoms with Crippen LogP contribution in [0.25, 0.3) is 0 Å². The third-order valence-corrected chi connectivity index (χ3v) is 3.24. The van der Waals surface area contributed by atoms with Gasteiger partial charge in [-0.3, -0.25) is 9.59 Å². The molecule has 1 unspecified atom stereocenters. The SMILES string of the molecule is O=C(O)CS(=O)(=O)NC1CCC(=O)NC1. The minimum Gasteiger partial charge on any atom is -0.480 e. The van der Waals surface area contributed by atoms with Crippen LogP contribution in [0.5, 0.6) is 0 Å². The van der Waals surface area contributed by atoms with Gasteiger partial charge >= 0.3 is 5.97 Å². The third-order valence-electron chi connectivity index (χ3n) is 1.93. The molecule has 8 heteroatoms. The second-order valence-electron chi connectivity index (χ2n) is 3.31. The molecule has 0 bridgehead atoms. The Balaban J connectivity index is 2.47. The number of hydrogen-bond donors (Lipinski definition) is 3. The molecule has 1 amide bonds. The predicted molar refractivity (Wildman–Crippen MR) is 50.6 cm³/mol. The lowest BCUT2D eigenvalue weighted by Gasteiger charge is -2.22. The monoisotopic (exact) mass is 236 g/mol. The first-order valence-corrected chi connectivity index (χ1v) is 6.03. The number of carboxylic acids is 1. The minimum atomic E-state index is -3.80. The Hall–Kier alpha value is -1.15. The molecule has 0 aromatic heterocycles. The van der Waals surface area contributed by atoms with Crippen LogP contribution in [0.3, 0.4) is 0 Å². The maximum atomic E-state index is 11.2. The highest BCUT2D eigenvalue weighted by Gasteiger charge is 2.24. The van der Waals surface area contributed by atoms with E-state index < -0.39 is 27.8 Å². The molecule has 1 atom stereocenters. The largest absolute Gasteiger partial charge is 0.480 e. The number of piperidine rings is 1. The maximum Gasteiger partial charge on any atom is 0.320 e. The molecule has 1 aliphatic heterocycles. The molecule has 15 heavy (non-hydrogen) atoms. The van der Waals surface area contributed by atoms with E-state index in [1.807, 2.05) is 0 Å². The standard InChI is InChI=1S/C7H12N2O5S/c10-6-2-1-5(3-8-6)9-15(13,14)4-7(11)12/h5,9H,1-4H2,(H,8,10)(H,11,12). The van der Waals surface area contributed by atoms with Crippen molar-refractivity contribution in [2.75, 3.05) is 12.3 Å². The van der Waals surface area contributed by atoms with Crippen molar-refractivity contribution in [3.63, 3.8) is 0 Å². The Morgan fingerprint density at radius 1 is 1.60 bits per heavy atom. The van der Waals surface area contributed by atoms with Gasteiger partial charge < -0.3 is 10.4 Å². The van der Waals surface area contributed by atoms with Crippen molar-refractivity contribution in [1.29, 1.82) is 0 Å². The average molecular weight is 236 g/mol. The average Bonchev–Trinajstić information content (AvgIpc) is 2.06. The molecule has 0 aromatic rings. The van der Waals surface area contributed by atoms with Crippen LogP contribution in [-0.4, -0.2) is 43.7 Å². The van der Waals surface area contributed by atoms with Gasteiger partial charge in [-0.15, -0.1) is 0 Å². The summed E-state index contributed by atoms with van der Waals surface area (Å²) >= 11 is 0. The molecule has 7 nitrogen and oxygen atoms in total. The van der Waals surface area contributed by atoms with Crippen LogP contribution in [-0.2, 0) is 19.6 Å². The number of aliphatic carboxylic acids is 1. The molecule has 0 saturated carbocycles. The van der Waals surface area contributed by atoms with Gasteiger partial charge in [-0.05, 0) is 6.42 Å². The van der Waals surface area contributed by atoms with E-state index >= 15 is 0 Å². The van der Waals surface area contributed by atoms with Crippen LogP contribution in [0.4, 0.5) is 0 Å². The zero-order chi connectivity index (χ0) is 11.5. The van der Waals surface area contributed by atoms with E-state index in [1.54, 1.807) is 0 Å². The lowest BCUT2D eigenvalue weighted by molar-refractivity contribution is -0.134. The van der Waals surface area contributed by atoms with Crippen LogP contribution in [0.2, 0.25) is 0 Å². The first-order chi connectivity index (χ1) is 6.89. The normalized spacial score (nSPS) is 22.1. The van der Waals surface area contributed by atoms with E-state index in [4.69, 9.17) is 5.11 Å². The van der Waals surface area contributed by atoms with Crippen molar-refractivity contribution < 1.29 is 23.1 Å². The molecule has 3 N–H and O–H groups in total. The van der Waals surface area contributed by atoms with Crippen molar-refractivity contribution in [3.8, 4) is 0 Å². The highest BCUT2D eigenvalue weighted by molar-refractivity contribution is 7.90. The first-order valence-electron chi connectivity index (χ1n) is 4.37. The van der Waals surface area contributed by atoms with Gasteiger partial charge in [-0.2, -0.15) is 0 Å². The first kappa shape index (κ1) is 11.9. The van der Waals surface area contributed by atoms with Crippen LogP contribution in [0, 0.1) is 0 Å². The Bertz CT molecular complexity index is 354. The summed E-state index contributed by atoms with van der Waals surface area (Å²) in [7, 11) is -3.80. The van der Waals surface area contributed by atoms with Gasteiger partial charge in [0.15, 0.2) is 5.75 Å². The molecule has 0 spiro atoms. The minimum absolute atomic E-state index is 0.122. The number of carbonyl (C=O) groups is 2. The molecule has 1 fully saturated rings. The van der Waals surface area contributed by atoms with E-state index in [-0.39, 0.29) is 18.9 Å². The number of carbonyl (C=O) groups excluding carboxylic acids is 1. The zero-order valence-electron chi connectivity index (χ0n) is 7.89. The van der Waals surface area contributed by atoms with Crippen LogP contribution < -0.4 is 10.0 Å². The zero-order valence-corrected chi connectivity index (χ0v) is 8.71. The molecule has 86 valence electrons. The van der Waals surface area contributed by atoms with Crippen molar-refractivity contribution in [2.45, 2.75) is 18.9 Å². The number of hydrogen-bond acceptors (Lipinski definition) is 4. The molecule has 1 heterocycles. The highest BCUT2D eigenvalue weighted by atomic mass is 32.2. The molecule has 0 aliphatic carbocycles. The van der Waals surface area contributed by atoms with E-state index in [9.17, 15) is 18.0 Å². The Morgan fingerprint density at radius 2 is 2.27 bits per heavy atom. The highest BCUT2D eigenvalue weighted by Crippen LogP contribution is 2.04. The second kappa shape index (κ2) is 4.58. The smallest absolute Gasteiger partial charge is 0.320 e. The lowest BCUT2D eigenvalue weighted by Crippen LogP contribution is -2.48. The fourth-order valence-electron chi connectivity index (χ4n) is 1.29. The fourth-order valence-corrected chi connectivity index (χ4v) is 2.41. The molecule has 1 rings (SSSR count). The topological polar surface area (TPSA) is 113 Å². The van der Waals surface area contributed by atoms with E-state index in [1.165, 1.54) is 0 Å². The van der Waals surface area contributed by atoms with Gasteiger partial charge in [0, 0.05) is 19.0 Å². The van der Waals surface area contributed by atoms with Crippen molar-refractivity contribution in [3.05, 3.63) is 0 Å². The number of carboxylic acid groups (broad SMARTS) is 1. The van der Waals surface area contributed by atoms with Gasteiger partial charge in [0.25, 0.3) is 0 Å².